The van der Waals surface area contributed by atoms with Crippen molar-refractivity contribution in [1.29, 1.82) is 5.26 Å². The number of carbonyl (C=O) groups is 3. The standard InChI is InChI=1S/C21H29N3O4/c1-2-28-20(27)21(13-22,11-16-18(25)14-3-7-23(16)8-4-14)12-17-19(26)15-5-9-24(17)10-6-15/h14-17H,2-12H2,1H3. The summed E-state index contributed by atoms with van der Waals surface area (Å²) in [4.78, 5) is 42.9. The molecule has 0 aromatic heterocycles. The van der Waals surface area contributed by atoms with Crippen LogP contribution in [0.5, 0.6) is 0 Å². The average Bonchev–Trinajstić information content (AvgIpc) is 2.73. The number of esters is 1. The first-order valence-electron chi connectivity index (χ1n) is 10.6. The molecule has 0 amide bonds. The highest BCUT2D eigenvalue weighted by atomic mass is 16.5. The van der Waals surface area contributed by atoms with Crippen LogP contribution in [0.1, 0.15) is 45.4 Å². The number of Topliss-reactive ketones (excluding diaryl/α,β-unsaturated/α-hetero) is 2. The predicted molar refractivity (Wildman–Crippen MR) is 100 cm³/mol. The number of hydrogen-bond donors (Lipinski definition) is 0. The number of carbonyl (C=O) groups excluding carboxylic acids is 3. The molecule has 4 bridgehead atoms. The Bertz CT molecular complexity index is 657. The van der Waals surface area contributed by atoms with Crippen LogP contribution in [0.15, 0.2) is 0 Å². The van der Waals surface area contributed by atoms with E-state index in [1.807, 2.05) is 0 Å². The maximum Gasteiger partial charge on any atom is 0.326 e. The molecule has 152 valence electrons. The minimum Gasteiger partial charge on any atom is -0.465 e. The van der Waals surface area contributed by atoms with Crippen molar-refractivity contribution in [1.82, 2.24) is 9.80 Å². The van der Waals surface area contributed by atoms with Crippen LogP contribution in [0.3, 0.4) is 0 Å². The minimum absolute atomic E-state index is 0.0460. The summed E-state index contributed by atoms with van der Waals surface area (Å²) >= 11 is 0. The van der Waals surface area contributed by atoms with Gasteiger partial charge in [0, 0.05) is 11.8 Å². The predicted octanol–water partition coefficient (Wildman–Crippen LogP) is 1.17. The van der Waals surface area contributed by atoms with Gasteiger partial charge in [0.05, 0.1) is 24.8 Å². The number of hydrogen-bond acceptors (Lipinski definition) is 7. The molecular formula is C21H29N3O4. The first-order valence-corrected chi connectivity index (χ1v) is 10.6. The molecule has 6 rings (SSSR count). The van der Waals surface area contributed by atoms with Crippen LogP contribution in [0.2, 0.25) is 0 Å². The van der Waals surface area contributed by atoms with Gasteiger partial charge in [0.1, 0.15) is 0 Å². The number of rotatable bonds is 6. The average molecular weight is 387 g/mol. The number of ketones is 2. The molecule has 0 N–H and O–H groups in total. The van der Waals surface area contributed by atoms with Crippen molar-refractivity contribution in [2.75, 3.05) is 32.8 Å². The summed E-state index contributed by atoms with van der Waals surface area (Å²) in [6.07, 6.45) is 3.74. The Morgan fingerprint density at radius 2 is 1.43 bits per heavy atom. The van der Waals surface area contributed by atoms with E-state index in [4.69, 9.17) is 4.74 Å². The van der Waals surface area contributed by atoms with Crippen LogP contribution < -0.4 is 0 Å². The number of nitriles is 1. The van der Waals surface area contributed by atoms with Gasteiger partial charge in [-0.1, -0.05) is 0 Å². The highest BCUT2D eigenvalue weighted by Gasteiger charge is 2.53. The van der Waals surface area contributed by atoms with Gasteiger partial charge in [-0.05, 0) is 71.6 Å². The molecule has 2 unspecified atom stereocenters. The van der Waals surface area contributed by atoms with E-state index in [0.717, 1.165) is 51.9 Å². The van der Waals surface area contributed by atoms with Crippen molar-refractivity contribution < 1.29 is 19.1 Å². The fourth-order valence-electron chi connectivity index (χ4n) is 5.67. The Morgan fingerprint density at radius 3 is 1.75 bits per heavy atom. The lowest BCUT2D eigenvalue weighted by atomic mass is 9.69. The molecule has 0 aliphatic carbocycles. The van der Waals surface area contributed by atoms with Gasteiger partial charge in [-0.2, -0.15) is 5.26 Å². The van der Waals surface area contributed by atoms with Gasteiger partial charge in [0.15, 0.2) is 17.0 Å². The lowest BCUT2D eigenvalue weighted by Gasteiger charge is -2.48. The molecule has 0 spiro atoms. The summed E-state index contributed by atoms with van der Waals surface area (Å²) in [5, 5.41) is 10.1. The largest absolute Gasteiger partial charge is 0.465 e. The van der Waals surface area contributed by atoms with Gasteiger partial charge in [-0.15, -0.1) is 0 Å². The van der Waals surface area contributed by atoms with Gasteiger partial charge < -0.3 is 4.74 Å². The maximum absolute atomic E-state index is 13.0. The normalized spacial score (nSPS) is 38.7. The molecule has 6 aliphatic heterocycles. The highest BCUT2D eigenvalue weighted by Crippen LogP contribution is 2.41. The number of nitrogens with zero attached hydrogens (tertiary/aromatic N) is 3. The quantitative estimate of drug-likeness (QED) is 0.632. The third-order valence-electron chi connectivity index (χ3n) is 7.37. The van der Waals surface area contributed by atoms with Gasteiger partial charge in [-0.25, -0.2) is 0 Å². The maximum atomic E-state index is 13.0. The number of fused-ring (bicyclic) bond motifs is 6. The van der Waals surface area contributed by atoms with Crippen LogP contribution in [0.4, 0.5) is 0 Å². The lowest BCUT2D eigenvalue weighted by Crippen LogP contribution is -2.60. The molecule has 0 aromatic rings. The Balaban J connectivity index is 1.61. The van der Waals surface area contributed by atoms with Crippen molar-refractivity contribution in [2.45, 2.75) is 57.5 Å². The molecule has 2 atom stereocenters. The minimum atomic E-state index is -1.45. The van der Waals surface area contributed by atoms with Crippen molar-refractivity contribution >= 4 is 17.5 Å². The summed E-state index contributed by atoms with van der Waals surface area (Å²) in [6, 6.07) is 1.39. The molecule has 7 heteroatoms. The van der Waals surface area contributed by atoms with E-state index in [0.29, 0.717) is 0 Å². The van der Waals surface area contributed by atoms with E-state index >= 15 is 0 Å². The Kier molecular flexibility index (Phi) is 5.28. The van der Waals surface area contributed by atoms with E-state index in [2.05, 4.69) is 15.9 Å². The third kappa shape index (κ3) is 3.17. The molecule has 0 radical (unpaired) electrons. The molecule has 6 aliphatic rings. The van der Waals surface area contributed by atoms with Crippen molar-refractivity contribution in [3.8, 4) is 6.07 Å². The SMILES string of the molecule is CCOC(=O)C(C#N)(CC1C(=O)C2CCN1CC2)CC1C(=O)C2CCN1CC2. The second-order valence-electron chi connectivity index (χ2n) is 8.78. The molecule has 6 heterocycles. The van der Waals surface area contributed by atoms with Crippen LogP contribution in [0, 0.1) is 28.6 Å². The van der Waals surface area contributed by atoms with Crippen LogP contribution >= 0.6 is 0 Å². The second-order valence-corrected chi connectivity index (χ2v) is 8.78. The molecule has 0 aromatic carbocycles. The smallest absolute Gasteiger partial charge is 0.326 e. The van der Waals surface area contributed by atoms with Crippen LogP contribution in [-0.2, 0) is 19.1 Å². The van der Waals surface area contributed by atoms with Crippen molar-refractivity contribution in [2.24, 2.45) is 17.3 Å². The summed E-state index contributed by atoms with van der Waals surface area (Å²) in [7, 11) is 0. The summed E-state index contributed by atoms with van der Waals surface area (Å²) < 4.78 is 5.29. The molecular weight excluding hydrogens is 358 g/mol. The number of piperidine rings is 6. The zero-order chi connectivity index (χ0) is 19.9. The molecule has 6 saturated heterocycles. The topological polar surface area (TPSA) is 90.7 Å². The lowest BCUT2D eigenvalue weighted by molar-refractivity contribution is -0.157. The van der Waals surface area contributed by atoms with E-state index in [-0.39, 0.29) is 42.9 Å². The van der Waals surface area contributed by atoms with Gasteiger partial charge in [-0.3, -0.25) is 24.2 Å². The molecule has 0 saturated carbocycles. The fraction of sp³-hybridized carbons (Fsp3) is 0.810. The Morgan fingerprint density at radius 1 is 1.00 bits per heavy atom. The van der Waals surface area contributed by atoms with Gasteiger partial charge in [0.2, 0.25) is 0 Å². The van der Waals surface area contributed by atoms with Crippen LogP contribution in [0.25, 0.3) is 0 Å². The fourth-order valence-corrected chi connectivity index (χ4v) is 5.67. The second kappa shape index (κ2) is 7.57. The first kappa shape index (κ1) is 19.5. The summed E-state index contributed by atoms with van der Waals surface area (Å²) in [5.41, 5.74) is -1.45. The molecule has 28 heavy (non-hydrogen) atoms. The van der Waals surface area contributed by atoms with E-state index < -0.39 is 23.5 Å². The number of ether oxygens (including phenoxy) is 1. The van der Waals surface area contributed by atoms with Gasteiger partial charge in [0.25, 0.3) is 0 Å². The van der Waals surface area contributed by atoms with E-state index in [1.54, 1.807) is 6.92 Å². The third-order valence-corrected chi connectivity index (χ3v) is 7.37. The van der Waals surface area contributed by atoms with E-state index in [1.165, 1.54) is 0 Å². The van der Waals surface area contributed by atoms with Crippen molar-refractivity contribution in [3.05, 3.63) is 0 Å². The Hall–Kier alpha value is -1.78. The molecule has 6 fully saturated rings. The van der Waals surface area contributed by atoms with Gasteiger partial charge >= 0.3 is 5.97 Å². The summed E-state index contributed by atoms with van der Waals surface area (Å²) in [5.74, 6) is -0.186. The zero-order valence-electron chi connectivity index (χ0n) is 16.6. The molecule has 7 nitrogen and oxygen atoms in total. The van der Waals surface area contributed by atoms with Crippen molar-refractivity contribution in [3.63, 3.8) is 0 Å². The zero-order valence-corrected chi connectivity index (χ0v) is 16.6. The van der Waals surface area contributed by atoms with E-state index in [9.17, 15) is 19.6 Å². The first-order chi connectivity index (χ1) is 13.5. The Labute approximate surface area is 166 Å². The van der Waals surface area contributed by atoms with Crippen LogP contribution in [-0.4, -0.2) is 72.2 Å². The monoisotopic (exact) mass is 387 g/mol. The highest BCUT2D eigenvalue weighted by molar-refractivity contribution is 5.91. The summed E-state index contributed by atoms with van der Waals surface area (Å²) in [6.45, 7) is 5.24.